The van der Waals surface area contributed by atoms with E-state index in [1.807, 2.05) is 23.1 Å². The van der Waals surface area contributed by atoms with Gasteiger partial charge in [-0.05, 0) is 18.2 Å². The third-order valence-electron chi connectivity index (χ3n) is 2.39. The minimum Gasteiger partial charge on any atom is -0.378 e. The van der Waals surface area contributed by atoms with Gasteiger partial charge < -0.3 is 9.64 Å². The smallest absolute Gasteiger partial charge is 0.254 e. The van der Waals surface area contributed by atoms with Crippen molar-refractivity contribution in [2.45, 2.75) is 4.90 Å². The summed E-state index contributed by atoms with van der Waals surface area (Å²) in [6.45, 7) is 2.61. The van der Waals surface area contributed by atoms with Crippen LogP contribution in [-0.4, -0.2) is 37.1 Å². The fourth-order valence-electron chi connectivity index (χ4n) is 1.59. The molecule has 0 saturated carbocycles. The van der Waals surface area contributed by atoms with E-state index < -0.39 is 0 Å². The molecule has 0 radical (unpaired) electrons. The number of benzene rings is 1. The van der Waals surface area contributed by atoms with Crippen molar-refractivity contribution in [1.29, 1.82) is 0 Å². The van der Waals surface area contributed by atoms with Crippen LogP contribution < -0.4 is 0 Å². The molecule has 1 aliphatic rings. The molecular weight excluding hydrogens is 210 g/mol. The summed E-state index contributed by atoms with van der Waals surface area (Å²) in [5.41, 5.74) is 0.699. The van der Waals surface area contributed by atoms with E-state index in [9.17, 15) is 4.79 Å². The van der Waals surface area contributed by atoms with Crippen LogP contribution in [0, 0.1) is 0 Å². The normalized spacial score (nSPS) is 16.5. The number of ether oxygens (including phenoxy) is 1. The Balaban J connectivity index is 2.12. The maximum atomic E-state index is 12.0. The van der Waals surface area contributed by atoms with Gasteiger partial charge in [0.05, 0.1) is 13.2 Å². The molecule has 1 amide bonds. The van der Waals surface area contributed by atoms with Crippen molar-refractivity contribution < 1.29 is 9.53 Å². The molecule has 0 unspecified atom stereocenters. The zero-order valence-electron chi connectivity index (χ0n) is 8.35. The van der Waals surface area contributed by atoms with Gasteiger partial charge in [-0.15, -0.1) is 12.6 Å². The second-order valence-corrected chi connectivity index (χ2v) is 3.97. The Morgan fingerprint density at radius 1 is 1.33 bits per heavy atom. The third kappa shape index (κ3) is 2.52. The zero-order chi connectivity index (χ0) is 10.7. The van der Waals surface area contributed by atoms with Crippen LogP contribution in [0.25, 0.3) is 0 Å². The van der Waals surface area contributed by atoms with Crippen LogP contribution in [0.5, 0.6) is 0 Å². The summed E-state index contributed by atoms with van der Waals surface area (Å²) in [6, 6.07) is 7.31. The van der Waals surface area contributed by atoms with E-state index in [1.165, 1.54) is 0 Å². The maximum absolute atomic E-state index is 12.0. The Morgan fingerprint density at radius 3 is 2.73 bits per heavy atom. The summed E-state index contributed by atoms with van der Waals surface area (Å²) in [5.74, 6) is 0.0641. The Hall–Kier alpha value is -1.00. The highest BCUT2D eigenvalue weighted by Crippen LogP contribution is 2.12. The number of amides is 1. The summed E-state index contributed by atoms with van der Waals surface area (Å²) in [4.78, 5) is 14.6. The van der Waals surface area contributed by atoms with Gasteiger partial charge in [-0.25, -0.2) is 0 Å². The number of nitrogens with zero attached hydrogens (tertiary/aromatic N) is 1. The molecule has 1 aromatic rings. The Labute approximate surface area is 94.4 Å². The van der Waals surface area contributed by atoms with Gasteiger partial charge in [-0.3, -0.25) is 4.79 Å². The zero-order valence-corrected chi connectivity index (χ0v) is 9.24. The molecule has 80 valence electrons. The molecule has 0 aromatic heterocycles. The monoisotopic (exact) mass is 223 g/mol. The molecule has 1 aromatic carbocycles. The number of thiol groups is 1. The summed E-state index contributed by atoms with van der Waals surface area (Å²) >= 11 is 4.22. The fourth-order valence-corrected chi connectivity index (χ4v) is 1.81. The maximum Gasteiger partial charge on any atom is 0.254 e. The van der Waals surface area contributed by atoms with Crippen LogP contribution in [0.15, 0.2) is 29.2 Å². The summed E-state index contributed by atoms with van der Waals surface area (Å²) in [6.07, 6.45) is 0. The summed E-state index contributed by atoms with van der Waals surface area (Å²) in [5, 5.41) is 0. The lowest BCUT2D eigenvalue weighted by atomic mass is 10.2. The highest BCUT2D eigenvalue weighted by molar-refractivity contribution is 7.80. The number of hydrogen-bond acceptors (Lipinski definition) is 3. The first-order valence-corrected chi connectivity index (χ1v) is 5.38. The molecule has 1 saturated heterocycles. The predicted molar refractivity (Wildman–Crippen MR) is 60.4 cm³/mol. The second-order valence-electron chi connectivity index (χ2n) is 3.45. The van der Waals surface area contributed by atoms with E-state index in [2.05, 4.69) is 12.6 Å². The van der Waals surface area contributed by atoms with Crippen LogP contribution in [0.1, 0.15) is 10.4 Å². The van der Waals surface area contributed by atoms with Crippen molar-refractivity contribution in [1.82, 2.24) is 4.90 Å². The van der Waals surface area contributed by atoms with E-state index in [1.54, 1.807) is 6.07 Å². The van der Waals surface area contributed by atoms with Crippen LogP contribution >= 0.6 is 12.6 Å². The minimum atomic E-state index is 0.0641. The molecule has 1 heterocycles. The van der Waals surface area contributed by atoms with E-state index in [-0.39, 0.29) is 5.91 Å². The lowest BCUT2D eigenvalue weighted by molar-refractivity contribution is 0.0302. The van der Waals surface area contributed by atoms with Crippen LogP contribution in [0.4, 0.5) is 0 Å². The number of carbonyl (C=O) groups excluding carboxylic acids is 1. The number of carbonyl (C=O) groups is 1. The standard InChI is InChI=1S/C11H13NO2S/c13-11(12-4-6-14-7-5-12)9-2-1-3-10(15)8-9/h1-3,8,15H,4-7H2. The van der Waals surface area contributed by atoms with E-state index >= 15 is 0 Å². The number of rotatable bonds is 1. The highest BCUT2D eigenvalue weighted by atomic mass is 32.1. The van der Waals surface area contributed by atoms with E-state index in [4.69, 9.17) is 4.74 Å². The fraction of sp³-hybridized carbons (Fsp3) is 0.364. The highest BCUT2D eigenvalue weighted by Gasteiger charge is 2.18. The van der Waals surface area contributed by atoms with Gasteiger partial charge in [-0.2, -0.15) is 0 Å². The van der Waals surface area contributed by atoms with Crippen molar-refractivity contribution in [3.63, 3.8) is 0 Å². The molecule has 0 aliphatic carbocycles. The van der Waals surface area contributed by atoms with E-state index in [0.717, 1.165) is 4.90 Å². The molecule has 15 heavy (non-hydrogen) atoms. The summed E-state index contributed by atoms with van der Waals surface area (Å²) < 4.78 is 5.20. The Kier molecular flexibility index (Phi) is 3.28. The van der Waals surface area contributed by atoms with Gasteiger partial charge in [-0.1, -0.05) is 6.07 Å². The van der Waals surface area contributed by atoms with Gasteiger partial charge in [0.25, 0.3) is 5.91 Å². The predicted octanol–water partition coefficient (Wildman–Crippen LogP) is 1.45. The number of morpholine rings is 1. The van der Waals surface area contributed by atoms with Crippen LogP contribution in [0.2, 0.25) is 0 Å². The van der Waals surface area contributed by atoms with Gasteiger partial charge in [0.15, 0.2) is 0 Å². The Morgan fingerprint density at radius 2 is 2.07 bits per heavy atom. The molecular formula is C11H13NO2S. The second kappa shape index (κ2) is 4.68. The molecule has 0 N–H and O–H groups in total. The first-order chi connectivity index (χ1) is 7.27. The SMILES string of the molecule is O=C(c1cccc(S)c1)N1CCOCC1. The largest absolute Gasteiger partial charge is 0.378 e. The molecule has 3 nitrogen and oxygen atoms in total. The third-order valence-corrected chi connectivity index (χ3v) is 2.67. The summed E-state index contributed by atoms with van der Waals surface area (Å²) in [7, 11) is 0. The molecule has 1 fully saturated rings. The molecule has 0 spiro atoms. The number of hydrogen-bond donors (Lipinski definition) is 1. The molecule has 0 bridgehead atoms. The molecule has 2 rings (SSSR count). The minimum absolute atomic E-state index is 0.0641. The first-order valence-electron chi connectivity index (χ1n) is 4.93. The van der Waals surface area contributed by atoms with Crippen molar-refractivity contribution in [3.8, 4) is 0 Å². The van der Waals surface area contributed by atoms with Gasteiger partial charge in [0.1, 0.15) is 0 Å². The van der Waals surface area contributed by atoms with E-state index in [0.29, 0.717) is 31.9 Å². The average Bonchev–Trinajstić information content (AvgIpc) is 2.29. The van der Waals surface area contributed by atoms with Crippen molar-refractivity contribution in [3.05, 3.63) is 29.8 Å². The van der Waals surface area contributed by atoms with Gasteiger partial charge >= 0.3 is 0 Å². The average molecular weight is 223 g/mol. The van der Waals surface area contributed by atoms with Gasteiger partial charge in [0.2, 0.25) is 0 Å². The van der Waals surface area contributed by atoms with Gasteiger partial charge in [0, 0.05) is 23.5 Å². The quantitative estimate of drug-likeness (QED) is 0.730. The lowest BCUT2D eigenvalue weighted by Crippen LogP contribution is -2.40. The van der Waals surface area contributed by atoms with Crippen molar-refractivity contribution in [2.75, 3.05) is 26.3 Å². The van der Waals surface area contributed by atoms with Crippen LogP contribution in [-0.2, 0) is 4.74 Å². The first kappa shape index (κ1) is 10.5. The van der Waals surface area contributed by atoms with Crippen molar-refractivity contribution in [2.24, 2.45) is 0 Å². The Bertz CT molecular complexity index is 361. The lowest BCUT2D eigenvalue weighted by Gasteiger charge is -2.26. The van der Waals surface area contributed by atoms with Crippen LogP contribution in [0.3, 0.4) is 0 Å². The molecule has 0 atom stereocenters. The molecule has 4 heteroatoms. The molecule has 1 aliphatic heterocycles. The van der Waals surface area contributed by atoms with Crippen molar-refractivity contribution >= 4 is 18.5 Å². The topological polar surface area (TPSA) is 29.5 Å².